The maximum Gasteiger partial charge on any atom is 0.408 e. The van der Waals surface area contributed by atoms with Crippen LogP contribution in [0.2, 0.25) is 0 Å². The average molecular weight is 490 g/mol. The molecule has 0 spiro atoms. The summed E-state index contributed by atoms with van der Waals surface area (Å²) in [5, 5.41) is 5.88. The Morgan fingerprint density at radius 1 is 0.971 bits per heavy atom. The largest absolute Gasteiger partial charge is 0.444 e. The first-order valence-corrected chi connectivity index (χ1v) is 13.0. The lowest BCUT2D eigenvalue weighted by Crippen LogP contribution is -2.54. The van der Waals surface area contributed by atoms with Crippen LogP contribution in [-0.2, 0) is 14.3 Å². The molecule has 0 aliphatic carbocycles. The Morgan fingerprint density at radius 2 is 1.60 bits per heavy atom. The molecule has 1 aromatic carbocycles. The van der Waals surface area contributed by atoms with E-state index >= 15 is 0 Å². The second kappa shape index (κ2) is 14.7. The highest BCUT2D eigenvalue weighted by Crippen LogP contribution is 2.25. The monoisotopic (exact) mass is 489 g/mol. The van der Waals surface area contributed by atoms with Gasteiger partial charge in [0.25, 0.3) is 0 Å². The predicted octanol–water partition coefficient (Wildman–Crippen LogP) is 5.60. The normalized spacial score (nSPS) is 14.1. The van der Waals surface area contributed by atoms with Crippen LogP contribution in [-0.4, -0.2) is 47.0 Å². The molecule has 35 heavy (non-hydrogen) atoms. The highest BCUT2D eigenvalue weighted by atomic mass is 16.6. The third kappa shape index (κ3) is 11.1. The Morgan fingerprint density at radius 3 is 2.11 bits per heavy atom. The van der Waals surface area contributed by atoms with Gasteiger partial charge in [-0.3, -0.25) is 9.59 Å². The number of alkyl carbamates (subject to hydrolysis) is 1. The first kappa shape index (κ1) is 30.5. The number of hydrogen-bond donors (Lipinski definition) is 2. The van der Waals surface area contributed by atoms with Gasteiger partial charge in [0, 0.05) is 12.6 Å². The zero-order valence-corrected chi connectivity index (χ0v) is 23.0. The van der Waals surface area contributed by atoms with Gasteiger partial charge in [-0.25, -0.2) is 4.79 Å². The minimum absolute atomic E-state index is 0.00631. The minimum Gasteiger partial charge on any atom is -0.444 e. The van der Waals surface area contributed by atoms with Crippen molar-refractivity contribution in [1.82, 2.24) is 15.5 Å². The van der Waals surface area contributed by atoms with Gasteiger partial charge in [-0.1, -0.05) is 70.9 Å². The third-order valence-corrected chi connectivity index (χ3v) is 5.52. The number of carbonyl (C=O) groups excluding carboxylic acids is 3. The van der Waals surface area contributed by atoms with Crippen molar-refractivity contribution >= 4 is 17.9 Å². The van der Waals surface area contributed by atoms with Gasteiger partial charge in [0.05, 0.1) is 0 Å². The van der Waals surface area contributed by atoms with Crippen molar-refractivity contribution in [3.05, 3.63) is 35.9 Å². The fourth-order valence-corrected chi connectivity index (χ4v) is 3.97. The molecular formula is C28H47N3O4. The van der Waals surface area contributed by atoms with Crippen LogP contribution in [0.5, 0.6) is 0 Å². The van der Waals surface area contributed by atoms with Gasteiger partial charge in [0.2, 0.25) is 11.8 Å². The Labute approximate surface area is 212 Å². The lowest BCUT2D eigenvalue weighted by atomic mass is 9.98. The molecule has 198 valence electrons. The molecule has 0 fully saturated rings. The van der Waals surface area contributed by atoms with E-state index in [0.29, 0.717) is 13.0 Å². The molecule has 0 heterocycles. The maximum atomic E-state index is 14.0. The van der Waals surface area contributed by atoms with Crippen LogP contribution < -0.4 is 10.6 Å². The highest BCUT2D eigenvalue weighted by molar-refractivity contribution is 5.92. The van der Waals surface area contributed by atoms with E-state index in [2.05, 4.69) is 17.6 Å². The van der Waals surface area contributed by atoms with E-state index in [1.807, 2.05) is 58.0 Å². The lowest BCUT2D eigenvalue weighted by Gasteiger charge is -2.35. The van der Waals surface area contributed by atoms with Crippen molar-refractivity contribution in [1.29, 1.82) is 0 Å². The fraction of sp³-hybridized carbons (Fsp3) is 0.679. The molecule has 7 heteroatoms. The average Bonchev–Trinajstić information content (AvgIpc) is 2.74. The van der Waals surface area contributed by atoms with Gasteiger partial charge in [-0.15, -0.1) is 0 Å². The maximum absolute atomic E-state index is 14.0. The number of amides is 3. The zero-order chi connectivity index (χ0) is 26.6. The van der Waals surface area contributed by atoms with Crippen LogP contribution in [0.4, 0.5) is 4.79 Å². The zero-order valence-electron chi connectivity index (χ0n) is 23.0. The molecule has 3 atom stereocenters. The first-order valence-electron chi connectivity index (χ1n) is 13.0. The van der Waals surface area contributed by atoms with Gasteiger partial charge >= 0.3 is 6.09 Å². The second-order valence-corrected chi connectivity index (χ2v) is 10.7. The molecule has 3 unspecified atom stereocenters. The van der Waals surface area contributed by atoms with Crippen LogP contribution in [0.3, 0.4) is 0 Å². The van der Waals surface area contributed by atoms with Crippen molar-refractivity contribution in [2.75, 3.05) is 6.54 Å². The molecule has 2 N–H and O–H groups in total. The number of unbranched alkanes of at least 4 members (excludes halogenated alkanes) is 1. The molecule has 0 aromatic heterocycles. The van der Waals surface area contributed by atoms with Crippen molar-refractivity contribution in [3.63, 3.8) is 0 Å². The van der Waals surface area contributed by atoms with Crippen molar-refractivity contribution < 1.29 is 19.1 Å². The van der Waals surface area contributed by atoms with Crippen molar-refractivity contribution in [2.45, 2.75) is 111 Å². The van der Waals surface area contributed by atoms with Gasteiger partial charge in [-0.2, -0.15) is 0 Å². The summed E-state index contributed by atoms with van der Waals surface area (Å²) in [5.74, 6) is -0.326. The van der Waals surface area contributed by atoms with E-state index < -0.39 is 23.8 Å². The lowest BCUT2D eigenvalue weighted by molar-refractivity contribution is -0.143. The van der Waals surface area contributed by atoms with E-state index in [1.165, 1.54) is 0 Å². The third-order valence-electron chi connectivity index (χ3n) is 5.52. The topological polar surface area (TPSA) is 87.7 Å². The second-order valence-electron chi connectivity index (χ2n) is 10.7. The first-order chi connectivity index (χ1) is 16.4. The molecule has 0 bridgehead atoms. The molecule has 0 aliphatic heterocycles. The molecule has 0 saturated carbocycles. The quantitative estimate of drug-likeness (QED) is 0.377. The molecular weight excluding hydrogens is 442 g/mol. The van der Waals surface area contributed by atoms with Crippen LogP contribution in [0.25, 0.3) is 0 Å². The predicted molar refractivity (Wildman–Crippen MR) is 141 cm³/mol. The summed E-state index contributed by atoms with van der Waals surface area (Å²) in [6.07, 6.45) is 3.22. The summed E-state index contributed by atoms with van der Waals surface area (Å²) in [7, 11) is 0. The number of hydrogen-bond acceptors (Lipinski definition) is 4. The van der Waals surface area contributed by atoms with E-state index in [-0.39, 0.29) is 23.8 Å². The number of benzene rings is 1. The van der Waals surface area contributed by atoms with Crippen LogP contribution in [0, 0.1) is 5.92 Å². The van der Waals surface area contributed by atoms with Crippen LogP contribution >= 0.6 is 0 Å². The van der Waals surface area contributed by atoms with Gasteiger partial charge in [0.1, 0.15) is 17.7 Å². The number of nitrogens with one attached hydrogen (secondary N) is 2. The number of rotatable bonds is 13. The number of carbonyl (C=O) groups is 3. The number of nitrogens with zero attached hydrogens (tertiary/aromatic N) is 1. The number of ether oxygens (including phenoxy) is 1. The summed E-state index contributed by atoms with van der Waals surface area (Å²) in [6, 6.07) is 7.80. The summed E-state index contributed by atoms with van der Waals surface area (Å²) < 4.78 is 5.43. The van der Waals surface area contributed by atoms with Crippen molar-refractivity contribution in [2.24, 2.45) is 5.92 Å². The molecule has 7 nitrogen and oxygen atoms in total. The molecule has 0 aliphatic rings. The molecule has 1 aromatic rings. The van der Waals surface area contributed by atoms with Gasteiger partial charge in [-0.05, 0) is 58.4 Å². The van der Waals surface area contributed by atoms with E-state index in [1.54, 1.807) is 25.7 Å². The summed E-state index contributed by atoms with van der Waals surface area (Å²) >= 11 is 0. The minimum atomic E-state index is -0.797. The Bertz CT molecular complexity index is 789. The standard InChI is InChI=1S/C28H47N3O4/c1-9-11-18-31(26(33)23(19-20(3)4)30-27(34)35-28(6,7)8)24(22-16-13-12-14-17-22)25(32)29-21(5)15-10-2/h12-14,16-17,20-21,23-24H,9-11,15,18-19H2,1-8H3,(H,29,32)(H,30,34). The van der Waals surface area contributed by atoms with Crippen LogP contribution in [0.1, 0.15) is 99.1 Å². The van der Waals surface area contributed by atoms with Gasteiger partial charge < -0.3 is 20.3 Å². The van der Waals surface area contributed by atoms with E-state index in [0.717, 1.165) is 31.2 Å². The summed E-state index contributed by atoms with van der Waals surface area (Å²) in [6.45, 7) is 15.9. The Balaban J connectivity index is 3.39. The fourth-order valence-electron chi connectivity index (χ4n) is 3.97. The summed E-state index contributed by atoms with van der Waals surface area (Å²) in [5.41, 5.74) is 0.0675. The smallest absolute Gasteiger partial charge is 0.408 e. The van der Waals surface area contributed by atoms with Crippen molar-refractivity contribution in [3.8, 4) is 0 Å². The van der Waals surface area contributed by atoms with E-state index in [9.17, 15) is 14.4 Å². The molecule has 0 saturated heterocycles. The van der Waals surface area contributed by atoms with Crippen LogP contribution in [0.15, 0.2) is 30.3 Å². The SMILES string of the molecule is CCCCN(C(=O)C(CC(C)C)NC(=O)OC(C)(C)C)C(C(=O)NC(C)CCC)c1ccccc1. The Hall–Kier alpha value is -2.57. The highest BCUT2D eigenvalue weighted by Gasteiger charge is 2.36. The molecule has 3 amide bonds. The summed E-state index contributed by atoms with van der Waals surface area (Å²) in [4.78, 5) is 41.8. The van der Waals surface area contributed by atoms with E-state index in [4.69, 9.17) is 4.74 Å². The van der Waals surface area contributed by atoms with Gasteiger partial charge in [0.15, 0.2) is 0 Å². The Kier molecular flexibility index (Phi) is 12.8. The molecule has 0 radical (unpaired) electrons. The molecule has 1 rings (SSSR count).